The third-order valence-corrected chi connectivity index (χ3v) is 9.35. The standard InChI is InChI=1S/C21H27N7O14P2/c22-18-12-20(26-6-25-18)28(7-27-12)21-16(32)14(30)11(41-21)5-39-44(36,37)42-43(34,35)38-4-10-13(29)15(31)17(40-10)8-1-9(19(23)33)3-24-2-8/h1-3,6-7,10-11,13-17,21,29-32H,4-5H2,(H2,23,33)(H,34,35)(H,36,37)(H2,22,25,26)/t10-,11+,13+,14-,15+,16-,17+,21-/m0/s1. The predicted octanol–water partition coefficient (Wildman–Crippen LogP) is -3.58. The number of nitrogen functional groups attached to an aromatic ring is 1. The Labute approximate surface area is 246 Å². The van der Waals surface area contributed by atoms with E-state index in [0.29, 0.717) is 0 Å². The number of rotatable bonds is 11. The molecule has 10 atom stereocenters. The van der Waals surface area contributed by atoms with Gasteiger partial charge >= 0.3 is 7.82 Å². The molecule has 3 aromatic rings. The normalized spacial score (nSPS) is 31.6. The highest BCUT2D eigenvalue weighted by Crippen LogP contribution is 2.58. The number of aliphatic hydroxyl groups excluding tert-OH is 4. The smallest absolute Gasteiger partial charge is 0.478 e. The molecule has 5 rings (SSSR count). The van der Waals surface area contributed by atoms with E-state index in [0.717, 1.165) is 6.33 Å². The summed E-state index contributed by atoms with van der Waals surface area (Å²) in [5.41, 5.74) is 11.6. The summed E-state index contributed by atoms with van der Waals surface area (Å²) >= 11 is 0. The van der Waals surface area contributed by atoms with Crippen LogP contribution < -0.4 is 21.3 Å². The van der Waals surface area contributed by atoms with Crippen LogP contribution in [0.2, 0.25) is 0 Å². The number of nitrogens with two attached hydrogens (primary N) is 2. The SMILES string of the molecule is NC(=O)c1c[nH+]cc([C@H]2O[C@@H](COP(=O)([O-])OP(=O)(O)OC[C@H]3O[C@H](n4cnc5c(N)ncnc54)[C@@H](O)[C@H]3O)[C@@H](O)[C@H]2O)c1. The zero-order chi connectivity index (χ0) is 32.0. The first-order chi connectivity index (χ1) is 20.7. The minimum atomic E-state index is -5.62. The fourth-order valence-electron chi connectivity index (χ4n) is 4.62. The maximum Gasteiger partial charge on any atom is 0.478 e. The van der Waals surface area contributed by atoms with Crippen LogP contribution in [0.25, 0.3) is 11.2 Å². The number of hydrogen-bond acceptors (Lipinski definition) is 17. The molecule has 0 bridgehead atoms. The Balaban J connectivity index is 1.16. The van der Waals surface area contributed by atoms with E-state index < -0.39 is 83.7 Å². The highest BCUT2D eigenvalue weighted by molar-refractivity contribution is 7.60. The van der Waals surface area contributed by atoms with E-state index in [1.165, 1.54) is 29.4 Å². The molecule has 240 valence electrons. The van der Waals surface area contributed by atoms with Crippen molar-refractivity contribution in [1.82, 2.24) is 19.5 Å². The number of fused-ring (bicyclic) bond motifs is 1. The Hall–Kier alpha value is -3.01. The molecule has 10 N–H and O–H groups in total. The van der Waals surface area contributed by atoms with E-state index >= 15 is 0 Å². The molecule has 21 nitrogen and oxygen atoms in total. The first kappa shape index (κ1) is 32.4. The largest absolute Gasteiger partial charge is 0.756 e. The Morgan fingerprint density at radius 1 is 1.02 bits per heavy atom. The minimum absolute atomic E-state index is 0.0409. The van der Waals surface area contributed by atoms with Crippen LogP contribution in [0.1, 0.15) is 28.3 Å². The van der Waals surface area contributed by atoms with Crippen molar-refractivity contribution in [2.45, 2.75) is 49.0 Å². The van der Waals surface area contributed by atoms with Gasteiger partial charge in [-0.05, 0) is 6.07 Å². The zero-order valence-corrected chi connectivity index (χ0v) is 24.0. The average Bonchev–Trinajstić information content (AvgIpc) is 3.61. The number of phosphoric acid groups is 2. The molecule has 0 radical (unpaired) electrons. The van der Waals surface area contributed by atoms with Gasteiger partial charge < -0.3 is 55.7 Å². The van der Waals surface area contributed by atoms with Crippen molar-refractivity contribution < 1.29 is 72.0 Å². The van der Waals surface area contributed by atoms with E-state index in [2.05, 4.69) is 33.3 Å². The number of aromatic amines is 1. The van der Waals surface area contributed by atoms with Crippen molar-refractivity contribution in [1.29, 1.82) is 0 Å². The number of aromatic nitrogens is 5. The summed E-state index contributed by atoms with van der Waals surface area (Å²) in [7, 11) is -11.0. The van der Waals surface area contributed by atoms with Gasteiger partial charge in [-0.2, -0.15) is 0 Å². The number of ether oxygens (including phenoxy) is 2. The highest BCUT2D eigenvalue weighted by atomic mass is 31.3. The van der Waals surface area contributed by atoms with E-state index in [1.54, 1.807) is 0 Å². The number of aliphatic hydroxyl groups is 4. The van der Waals surface area contributed by atoms with Crippen LogP contribution in [0.4, 0.5) is 5.82 Å². The summed E-state index contributed by atoms with van der Waals surface area (Å²) in [6.07, 6.45) is -6.96. The summed E-state index contributed by atoms with van der Waals surface area (Å²) in [4.78, 5) is 48.2. The lowest BCUT2D eigenvalue weighted by atomic mass is 10.0. The zero-order valence-electron chi connectivity index (χ0n) is 22.2. The second kappa shape index (κ2) is 12.4. The Morgan fingerprint density at radius 3 is 2.43 bits per heavy atom. The second-order valence-electron chi connectivity index (χ2n) is 9.71. The number of hydrogen-bond donors (Lipinski definition) is 7. The molecule has 1 amide bonds. The third-order valence-electron chi connectivity index (χ3n) is 6.79. The summed E-state index contributed by atoms with van der Waals surface area (Å²) in [6.45, 7) is -1.88. The topological polar surface area (TPSA) is 331 Å². The van der Waals surface area contributed by atoms with E-state index in [-0.39, 0.29) is 28.1 Å². The molecule has 3 aromatic heterocycles. The number of anilines is 1. The lowest BCUT2D eigenvalue weighted by Gasteiger charge is -2.26. The monoisotopic (exact) mass is 663 g/mol. The van der Waals surface area contributed by atoms with Gasteiger partial charge in [0, 0.05) is 5.56 Å². The molecule has 44 heavy (non-hydrogen) atoms. The molecule has 2 saturated heterocycles. The van der Waals surface area contributed by atoms with E-state index in [9.17, 15) is 44.1 Å². The number of primary amides is 1. The van der Waals surface area contributed by atoms with Gasteiger partial charge in [-0.15, -0.1) is 0 Å². The number of carbonyl (C=O) groups is 1. The molecule has 0 aliphatic carbocycles. The molecule has 2 aliphatic rings. The molecule has 5 heterocycles. The van der Waals surface area contributed by atoms with Crippen molar-refractivity contribution >= 4 is 38.5 Å². The van der Waals surface area contributed by atoms with Crippen LogP contribution in [0.3, 0.4) is 0 Å². The Kier molecular flexibility index (Phi) is 9.13. The number of carbonyl (C=O) groups excluding carboxylic acids is 1. The lowest BCUT2D eigenvalue weighted by Crippen LogP contribution is -2.34. The van der Waals surface area contributed by atoms with Gasteiger partial charge in [-0.3, -0.25) is 18.5 Å². The molecule has 0 saturated carbocycles. The molecular formula is C21H27N7O14P2. The molecule has 2 aliphatic heterocycles. The van der Waals surface area contributed by atoms with Crippen LogP contribution >= 0.6 is 15.6 Å². The number of pyridine rings is 1. The number of nitrogens with zero attached hydrogens (tertiary/aromatic N) is 4. The van der Waals surface area contributed by atoms with Gasteiger partial charge in [0.1, 0.15) is 60.1 Å². The maximum absolute atomic E-state index is 12.4. The van der Waals surface area contributed by atoms with Gasteiger partial charge in [0.25, 0.3) is 13.7 Å². The summed E-state index contributed by atoms with van der Waals surface area (Å²) in [5.74, 6) is -0.739. The van der Waals surface area contributed by atoms with Crippen molar-refractivity contribution in [3.63, 3.8) is 0 Å². The molecule has 2 unspecified atom stereocenters. The van der Waals surface area contributed by atoms with Crippen molar-refractivity contribution in [2.75, 3.05) is 18.9 Å². The van der Waals surface area contributed by atoms with E-state index in [1.807, 2.05) is 0 Å². The number of imidazole rings is 1. The Morgan fingerprint density at radius 2 is 1.70 bits per heavy atom. The number of phosphoric ester groups is 2. The van der Waals surface area contributed by atoms with Crippen LogP contribution in [0, 0.1) is 0 Å². The van der Waals surface area contributed by atoms with Gasteiger partial charge in [0.15, 0.2) is 30.1 Å². The molecular weight excluding hydrogens is 636 g/mol. The molecule has 0 spiro atoms. The van der Waals surface area contributed by atoms with Gasteiger partial charge in [0.05, 0.1) is 19.5 Å². The maximum atomic E-state index is 12.4. The number of nitrogens with one attached hydrogen (secondary N) is 1. The first-order valence-corrected chi connectivity index (χ1v) is 15.5. The molecule has 23 heteroatoms. The van der Waals surface area contributed by atoms with Crippen LogP contribution in [-0.2, 0) is 32.0 Å². The minimum Gasteiger partial charge on any atom is -0.756 e. The van der Waals surface area contributed by atoms with Gasteiger partial charge in [-0.25, -0.2) is 28.8 Å². The lowest BCUT2D eigenvalue weighted by molar-refractivity contribution is -0.379. The summed E-state index contributed by atoms with van der Waals surface area (Å²) < 4.78 is 50.3. The summed E-state index contributed by atoms with van der Waals surface area (Å²) in [6, 6.07) is 1.29. The van der Waals surface area contributed by atoms with Crippen LogP contribution in [0.5, 0.6) is 0 Å². The predicted molar refractivity (Wildman–Crippen MR) is 137 cm³/mol. The van der Waals surface area contributed by atoms with Crippen LogP contribution in [-0.4, -0.2) is 101 Å². The summed E-state index contributed by atoms with van der Waals surface area (Å²) in [5, 5.41) is 41.6. The van der Waals surface area contributed by atoms with Gasteiger partial charge in [-0.1, -0.05) is 0 Å². The van der Waals surface area contributed by atoms with Crippen molar-refractivity contribution in [3.05, 3.63) is 42.2 Å². The number of amides is 1. The van der Waals surface area contributed by atoms with Crippen molar-refractivity contribution in [2.24, 2.45) is 5.73 Å². The third kappa shape index (κ3) is 6.65. The van der Waals surface area contributed by atoms with Crippen molar-refractivity contribution in [3.8, 4) is 0 Å². The quantitative estimate of drug-likeness (QED) is 0.0975. The highest BCUT2D eigenvalue weighted by Gasteiger charge is 2.47. The molecule has 0 aromatic carbocycles. The Bertz CT molecular complexity index is 1630. The fraction of sp³-hybridized carbons (Fsp3) is 0.476. The first-order valence-electron chi connectivity index (χ1n) is 12.6. The van der Waals surface area contributed by atoms with Gasteiger partial charge in [0.2, 0.25) is 0 Å². The fourth-order valence-corrected chi connectivity index (χ4v) is 6.67. The average molecular weight is 663 g/mol. The molecule has 2 fully saturated rings. The van der Waals surface area contributed by atoms with Crippen LogP contribution in [0.15, 0.2) is 31.1 Å². The number of H-pyrrole nitrogens is 1. The van der Waals surface area contributed by atoms with E-state index in [4.69, 9.17) is 20.9 Å². The second-order valence-corrected chi connectivity index (χ2v) is 12.7.